The van der Waals surface area contributed by atoms with Crippen molar-refractivity contribution in [3.8, 4) is 5.75 Å². The van der Waals surface area contributed by atoms with Crippen molar-refractivity contribution >= 4 is 29.2 Å². The minimum absolute atomic E-state index is 0.0896. The van der Waals surface area contributed by atoms with E-state index in [1.807, 2.05) is 0 Å². The summed E-state index contributed by atoms with van der Waals surface area (Å²) in [6.45, 7) is 2.08. The molecular formula is C19H19N3O7. The lowest BCUT2D eigenvalue weighted by molar-refractivity contribution is -0.384. The summed E-state index contributed by atoms with van der Waals surface area (Å²) in [4.78, 5) is 46.1. The van der Waals surface area contributed by atoms with Gasteiger partial charge in [-0.05, 0) is 25.1 Å². The number of hydrogen-bond donors (Lipinski definition) is 2. The molecule has 0 aromatic heterocycles. The third-order valence-corrected chi connectivity index (χ3v) is 3.65. The minimum Gasteiger partial charge on any atom is -0.484 e. The summed E-state index contributed by atoms with van der Waals surface area (Å²) in [5.74, 6) is -1.40. The van der Waals surface area contributed by atoms with Crippen LogP contribution in [0.1, 0.15) is 27.6 Å². The molecule has 0 radical (unpaired) electrons. The van der Waals surface area contributed by atoms with Crippen LogP contribution in [-0.4, -0.2) is 43.0 Å². The maximum Gasteiger partial charge on any atom is 0.338 e. The number of esters is 1. The molecule has 0 heterocycles. The summed E-state index contributed by atoms with van der Waals surface area (Å²) in [5, 5.41) is 16.2. The molecule has 2 rings (SSSR count). The number of benzene rings is 2. The van der Waals surface area contributed by atoms with E-state index in [1.54, 1.807) is 25.1 Å². The van der Waals surface area contributed by atoms with Crippen LogP contribution in [0, 0.1) is 10.1 Å². The number of amides is 2. The molecule has 29 heavy (non-hydrogen) atoms. The maximum absolute atomic E-state index is 12.5. The summed E-state index contributed by atoms with van der Waals surface area (Å²) in [6, 6.07) is 9.57. The van der Waals surface area contributed by atoms with E-state index in [2.05, 4.69) is 15.4 Å². The van der Waals surface area contributed by atoms with Gasteiger partial charge in [0, 0.05) is 36.0 Å². The zero-order chi connectivity index (χ0) is 21.4. The molecule has 0 aliphatic rings. The van der Waals surface area contributed by atoms with Crippen molar-refractivity contribution in [3.05, 3.63) is 63.7 Å². The highest BCUT2D eigenvalue weighted by Crippen LogP contribution is 2.21. The number of rotatable bonds is 8. The monoisotopic (exact) mass is 401 g/mol. The first kappa shape index (κ1) is 21.4. The lowest BCUT2D eigenvalue weighted by atomic mass is 10.1. The number of likely N-dealkylation sites (N-methyl/N-ethyl adjacent to an activating group) is 1. The van der Waals surface area contributed by atoms with Gasteiger partial charge in [0.2, 0.25) is 0 Å². The number of methoxy groups -OCH3 is 1. The quantitative estimate of drug-likeness (QED) is 0.393. The number of nitrogens with one attached hydrogen (secondary N) is 2. The Hall–Kier alpha value is -3.95. The van der Waals surface area contributed by atoms with Gasteiger partial charge in [-0.25, -0.2) is 4.79 Å². The van der Waals surface area contributed by atoms with Crippen LogP contribution in [0.15, 0.2) is 42.5 Å². The molecule has 10 heteroatoms. The molecule has 0 atom stereocenters. The van der Waals surface area contributed by atoms with Crippen molar-refractivity contribution in [1.82, 2.24) is 5.32 Å². The van der Waals surface area contributed by atoms with E-state index in [9.17, 15) is 24.5 Å². The van der Waals surface area contributed by atoms with Crippen molar-refractivity contribution in [2.24, 2.45) is 0 Å². The van der Waals surface area contributed by atoms with Crippen molar-refractivity contribution < 1.29 is 28.8 Å². The fraction of sp³-hybridized carbons (Fsp3) is 0.211. The molecule has 0 saturated carbocycles. The van der Waals surface area contributed by atoms with Crippen molar-refractivity contribution in [2.75, 3.05) is 25.6 Å². The normalized spacial score (nSPS) is 10.0. The number of anilines is 1. The first-order chi connectivity index (χ1) is 13.8. The summed E-state index contributed by atoms with van der Waals surface area (Å²) >= 11 is 0. The Morgan fingerprint density at radius 1 is 1.10 bits per heavy atom. The molecule has 2 N–H and O–H groups in total. The highest BCUT2D eigenvalue weighted by Gasteiger charge is 2.18. The summed E-state index contributed by atoms with van der Waals surface area (Å²) in [5.41, 5.74) is -0.286. The van der Waals surface area contributed by atoms with Gasteiger partial charge >= 0.3 is 5.97 Å². The van der Waals surface area contributed by atoms with Gasteiger partial charge in [-0.15, -0.1) is 0 Å². The van der Waals surface area contributed by atoms with Gasteiger partial charge in [0.15, 0.2) is 6.61 Å². The second-order valence-corrected chi connectivity index (χ2v) is 5.74. The van der Waals surface area contributed by atoms with Crippen molar-refractivity contribution in [1.29, 1.82) is 0 Å². The second kappa shape index (κ2) is 9.83. The van der Waals surface area contributed by atoms with Gasteiger partial charge in [0.1, 0.15) is 5.75 Å². The first-order valence-corrected chi connectivity index (χ1v) is 8.52. The lowest BCUT2D eigenvalue weighted by Crippen LogP contribution is -2.28. The van der Waals surface area contributed by atoms with E-state index in [0.29, 0.717) is 18.0 Å². The van der Waals surface area contributed by atoms with Gasteiger partial charge in [-0.2, -0.15) is 0 Å². The van der Waals surface area contributed by atoms with Crippen LogP contribution >= 0.6 is 0 Å². The topological polar surface area (TPSA) is 137 Å². The highest BCUT2D eigenvalue weighted by atomic mass is 16.6. The van der Waals surface area contributed by atoms with Crippen LogP contribution in [0.5, 0.6) is 5.75 Å². The van der Waals surface area contributed by atoms with E-state index in [4.69, 9.17) is 4.74 Å². The summed E-state index contributed by atoms with van der Waals surface area (Å²) in [6.07, 6.45) is 0. The zero-order valence-electron chi connectivity index (χ0n) is 15.8. The highest BCUT2D eigenvalue weighted by molar-refractivity contribution is 6.06. The number of nitrogens with zero attached hydrogens (tertiary/aromatic N) is 1. The van der Waals surface area contributed by atoms with Crippen molar-refractivity contribution in [3.63, 3.8) is 0 Å². The number of nitro groups is 1. The third kappa shape index (κ3) is 6.03. The summed E-state index contributed by atoms with van der Waals surface area (Å²) in [7, 11) is 1.13. The molecule has 10 nitrogen and oxygen atoms in total. The molecule has 0 unspecified atom stereocenters. The van der Waals surface area contributed by atoms with E-state index in [0.717, 1.165) is 19.2 Å². The molecule has 0 bridgehead atoms. The molecule has 2 amide bonds. The fourth-order valence-corrected chi connectivity index (χ4v) is 2.35. The van der Waals surface area contributed by atoms with Crippen LogP contribution in [0.25, 0.3) is 0 Å². The Balaban J connectivity index is 2.18. The molecule has 2 aromatic rings. The largest absolute Gasteiger partial charge is 0.484 e. The van der Waals surface area contributed by atoms with Crippen LogP contribution < -0.4 is 15.4 Å². The predicted octanol–water partition coefficient (Wildman–Crippen LogP) is 2.15. The molecule has 0 saturated heterocycles. The number of hydrogen-bond acceptors (Lipinski definition) is 7. The Morgan fingerprint density at radius 3 is 2.48 bits per heavy atom. The van der Waals surface area contributed by atoms with Crippen LogP contribution in [0.3, 0.4) is 0 Å². The van der Waals surface area contributed by atoms with Gasteiger partial charge in [-0.3, -0.25) is 19.7 Å². The lowest BCUT2D eigenvalue weighted by Gasteiger charge is -2.10. The van der Waals surface area contributed by atoms with Crippen molar-refractivity contribution in [2.45, 2.75) is 6.92 Å². The van der Waals surface area contributed by atoms with Gasteiger partial charge in [-0.1, -0.05) is 6.07 Å². The number of non-ortho nitro benzene ring substituents is 1. The molecule has 2 aromatic carbocycles. The van der Waals surface area contributed by atoms with Gasteiger partial charge in [0.05, 0.1) is 17.6 Å². The van der Waals surface area contributed by atoms with E-state index < -0.39 is 22.5 Å². The van der Waals surface area contributed by atoms with E-state index >= 15 is 0 Å². The maximum atomic E-state index is 12.5. The predicted molar refractivity (Wildman–Crippen MR) is 103 cm³/mol. The number of carbonyl (C=O) groups excluding carboxylic acids is 3. The zero-order valence-corrected chi connectivity index (χ0v) is 15.8. The standard InChI is InChI=1S/C19H19N3O7/c1-3-20-17(23)11-29-16-6-4-5-14(10-16)21-18(24)12-7-13(19(25)28-2)9-15(8-12)22(26)27/h4-10H,3,11H2,1-2H3,(H,20,23)(H,21,24). The minimum atomic E-state index is -0.802. The van der Waals surface area contributed by atoms with Gasteiger partial charge < -0.3 is 20.1 Å². The number of ether oxygens (including phenoxy) is 2. The average Bonchev–Trinajstić information content (AvgIpc) is 2.71. The molecule has 0 aliphatic heterocycles. The SMILES string of the molecule is CCNC(=O)COc1cccc(NC(=O)c2cc(C(=O)OC)cc([N+](=O)[O-])c2)c1. The number of carbonyl (C=O) groups is 3. The smallest absolute Gasteiger partial charge is 0.338 e. The molecule has 0 spiro atoms. The third-order valence-electron chi connectivity index (χ3n) is 3.65. The second-order valence-electron chi connectivity index (χ2n) is 5.74. The Bertz CT molecular complexity index is 943. The van der Waals surface area contributed by atoms with E-state index in [1.165, 1.54) is 12.1 Å². The summed E-state index contributed by atoms with van der Waals surface area (Å²) < 4.78 is 9.91. The molecule has 152 valence electrons. The molecule has 0 aliphatic carbocycles. The van der Waals surface area contributed by atoms with Crippen LogP contribution in [0.2, 0.25) is 0 Å². The molecular weight excluding hydrogens is 382 g/mol. The first-order valence-electron chi connectivity index (χ1n) is 8.52. The Kier molecular flexibility index (Phi) is 7.24. The Morgan fingerprint density at radius 2 is 1.83 bits per heavy atom. The van der Waals surface area contributed by atoms with Crippen LogP contribution in [-0.2, 0) is 9.53 Å². The molecule has 0 fully saturated rings. The number of nitro benzene ring substituents is 1. The fourth-order valence-electron chi connectivity index (χ4n) is 2.35. The van der Waals surface area contributed by atoms with Gasteiger partial charge in [0.25, 0.3) is 17.5 Å². The van der Waals surface area contributed by atoms with E-state index in [-0.39, 0.29) is 23.6 Å². The van der Waals surface area contributed by atoms with Crippen LogP contribution in [0.4, 0.5) is 11.4 Å². The average molecular weight is 401 g/mol. The Labute approximate surface area is 166 Å².